The van der Waals surface area contributed by atoms with E-state index in [1.165, 1.54) is 12.1 Å². The van der Waals surface area contributed by atoms with Crippen molar-refractivity contribution in [2.24, 2.45) is 0 Å². The molecule has 0 aromatic heterocycles. The first-order valence-electron chi connectivity index (χ1n) is 8.16. The molecule has 1 fully saturated rings. The normalized spacial score (nSPS) is 20.6. The first-order chi connectivity index (χ1) is 11.1. The van der Waals surface area contributed by atoms with E-state index < -0.39 is 0 Å². The van der Waals surface area contributed by atoms with Crippen LogP contribution >= 0.6 is 0 Å². The zero-order chi connectivity index (χ0) is 16.7. The molecule has 0 spiro atoms. The molecule has 2 atom stereocenters. The Hall–Kier alpha value is -2.11. The standard InChI is InChI=1S/C17H24FN3O2/c1-2-16(22)20-14-5-3-4-6-15(14)21-17(23)19-11-12-7-9-13(18)10-8-12/h7-10,14-15H,2-6,11H2,1H3,(H,20,22)(H2,19,21,23). The summed E-state index contributed by atoms with van der Waals surface area (Å²) in [5.41, 5.74) is 0.834. The van der Waals surface area contributed by atoms with Gasteiger partial charge in [0.15, 0.2) is 0 Å². The van der Waals surface area contributed by atoms with Gasteiger partial charge in [-0.15, -0.1) is 0 Å². The highest BCUT2D eigenvalue weighted by molar-refractivity contribution is 5.76. The van der Waals surface area contributed by atoms with Crippen molar-refractivity contribution in [3.63, 3.8) is 0 Å². The number of halogens is 1. The van der Waals surface area contributed by atoms with Gasteiger partial charge in [-0.2, -0.15) is 0 Å². The molecule has 6 heteroatoms. The lowest BCUT2D eigenvalue weighted by molar-refractivity contribution is -0.121. The monoisotopic (exact) mass is 321 g/mol. The number of carbonyl (C=O) groups excluding carboxylic acids is 2. The Labute approximate surface area is 136 Å². The number of carbonyl (C=O) groups is 2. The molecule has 1 aromatic carbocycles. The highest BCUT2D eigenvalue weighted by Gasteiger charge is 2.27. The Morgan fingerprint density at radius 2 is 1.70 bits per heavy atom. The van der Waals surface area contributed by atoms with Gasteiger partial charge in [0, 0.05) is 19.0 Å². The Kier molecular flexibility index (Phi) is 6.38. The van der Waals surface area contributed by atoms with Crippen LogP contribution in [-0.4, -0.2) is 24.0 Å². The third-order valence-corrected chi connectivity index (χ3v) is 4.12. The third-order valence-electron chi connectivity index (χ3n) is 4.12. The lowest BCUT2D eigenvalue weighted by atomic mass is 9.90. The molecule has 3 N–H and O–H groups in total. The van der Waals surface area contributed by atoms with Gasteiger partial charge in [0.2, 0.25) is 5.91 Å². The SMILES string of the molecule is CCC(=O)NC1CCCCC1NC(=O)NCc1ccc(F)cc1. The topological polar surface area (TPSA) is 70.2 Å². The Morgan fingerprint density at radius 3 is 2.30 bits per heavy atom. The summed E-state index contributed by atoms with van der Waals surface area (Å²) in [6.45, 7) is 2.15. The van der Waals surface area contributed by atoms with Crippen molar-refractivity contribution in [3.8, 4) is 0 Å². The lowest BCUT2D eigenvalue weighted by Gasteiger charge is -2.32. The fraction of sp³-hybridized carbons (Fsp3) is 0.529. The van der Waals surface area contributed by atoms with Crippen molar-refractivity contribution in [2.45, 2.75) is 57.7 Å². The third kappa shape index (κ3) is 5.54. The predicted octanol–water partition coefficient (Wildman–Crippen LogP) is 2.46. The minimum absolute atomic E-state index is 0.00669. The van der Waals surface area contributed by atoms with E-state index in [2.05, 4.69) is 16.0 Å². The number of rotatable bonds is 5. The summed E-state index contributed by atoms with van der Waals surface area (Å²) in [6.07, 6.45) is 4.29. The molecule has 23 heavy (non-hydrogen) atoms. The molecule has 0 heterocycles. The van der Waals surface area contributed by atoms with Gasteiger partial charge < -0.3 is 16.0 Å². The summed E-state index contributed by atoms with van der Waals surface area (Å²) in [5, 5.41) is 8.69. The summed E-state index contributed by atoms with van der Waals surface area (Å²) in [4.78, 5) is 23.6. The maximum Gasteiger partial charge on any atom is 0.315 e. The summed E-state index contributed by atoms with van der Waals surface area (Å²) in [7, 11) is 0. The summed E-state index contributed by atoms with van der Waals surface area (Å²) < 4.78 is 12.8. The van der Waals surface area contributed by atoms with E-state index in [-0.39, 0.29) is 29.8 Å². The lowest BCUT2D eigenvalue weighted by Crippen LogP contribution is -2.54. The van der Waals surface area contributed by atoms with Crippen molar-refractivity contribution >= 4 is 11.9 Å². The van der Waals surface area contributed by atoms with Gasteiger partial charge in [0.05, 0.1) is 6.04 Å². The van der Waals surface area contributed by atoms with Crippen LogP contribution in [0.1, 0.15) is 44.6 Å². The van der Waals surface area contributed by atoms with Crippen LogP contribution in [0.3, 0.4) is 0 Å². The van der Waals surface area contributed by atoms with Crippen molar-refractivity contribution in [1.29, 1.82) is 0 Å². The molecule has 5 nitrogen and oxygen atoms in total. The van der Waals surface area contributed by atoms with Crippen LogP contribution in [0.4, 0.5) is 9.18 Å². The van der Waals surface area contributed by atoms with E-state index in [0.717, 1.165) is 31.2 Å². The second kappa shape index (κ2) is 8.50. The molecule has 0 bridgehead atoms. The number of hydrogen-bond acceptors (Lipinski definition) is 2. The number of urea groups is 1. The van der Waals surface area contributed by atoms with Gasteiger partial charge in [-0.05, 0) is 30.5 Å². The molecule has 3 amide bonds. The first-order valence-corrected chi connectivity index (χ1v) is 8.16. The van der Waals surface area contributed by atoms with Gasteiger partial charge in [-0.25, -0.2) is 9.18 Å². The highest BCUT2D eigenvalue weighted by Crippen LogP contribution is 2.18. The van der Waals surface area contributed by atoms with E-state index in [1.807, 2.05) is 6.92 Å². The van der Waals surface area contributed by atoms with Crippen molar-refractivity contribution in [3.05, 3.63) is 35.6 Å². The molecular formula is C17H24FN3O2. The molecule has 2 rings (SSSR count). The van der Waals surface area contributed by atoms with Crippen LogP contribution in [0, 0.1) is 5.82 Å². The molecule has 1 saturated carbocycles. The van der Waals surface area contributed by atoms with Crippen LogP contribution in [0.25, 0.3) is 0 Å². The van der Waals surface area contributed by atoms with E-state index in [4.69, 9.17) is 0 Å². The van der Waals surface area contributed by atoms with Crippen LogP contribution in [0.2, 0.25) is 0 Å². The molecule has 1 aliphatic rings. The molecule has 0 saturated heterocycles. The Balaban J connectivity index is 1.82. The van der Waals surface area contributed by atoms with Gasteiger partial charge in [-0.1, -0.05) is 31.9 Å². The smallest absolute Gasteiger partial charge is 0.315 e. The van der Waals surface area contributed by atoms with Crippen molar-refractivity contribution < 1.29 is 14.0 Å². The van der Waals surface area contributed by atoms with E-state index in [0.29, 0.717) is 13.0 Å². The number of amides is 3. The number of hydrogen-bond donors (Lipinski definition) is 3. The molecule has 0 radical (unpaired) electrons. The second-order valence-electron chi connectivity index (χ2n) is 5.87. The van der Waals surface area contributed by atoms with Crippen LogP contribution in [0.15, 0.2) is 24.3 Å². The molecule has 1 aliphatic carbocycles. The summed E-state index contributed by atoms with van der Waals surface area (Å²) >= 11 is 0. The van der Waals surface area contributed by atoms with Gasteiger partial charge >= 0.3 is 6.03 Å². The molecule has 126 valence electrons. The summed E-state index contributed by atoms with van der Waals surface area (Å²) in [6, 6.07) is 5.69. The number of nitrogens with one attached hydrogen (secondary N) is 3. The van der Waals surface area contributed by atoms with E-state index in [1.54, 1.807) is 12.1 Å². The maximum atomic E-state index is 12.8. The first kappa shape index (κ1) is 17.2. The van der Waals surface area contributed by atoms with Gasteiger partial charge in [-0.3, -0.25) is 4.79 Å². The highest BCUT2D eigenvalue weighted by atomic mass is 19.1. The van der Waals surface area contributed by atoms with Crippen LogP contribution in [-0.2, 0) is 11.3 Å². The zero-order valence-electron chi connectivity index (χ0n) is 13.4. The zero-order valence-corrected chi connectivity index (χ0v) is 13.4. The maximum absolute atomic E-state index is 12.8. The van der Waals surface area contributed by atoms with Gasteiger partial charge in [0.25, 0.3) is 0 Å². The molecular weight excluding hydrogens is 297 g/mol. The van der Waals surface area contributed by atoms with Crippen molar-refractivity contribution in [1.82, 2.24) is 16.0 Å². The van der Waals surface area contributed by atoms with Crippen LogP contribution in [0.5, 0.6) is 0 Å². The molecule has 1 aromatic rings. The molecule has 0 aliphatic heterocycles. The van der Waals surface area contributed by atoms with E-state index in [9.17, 15) is 14.0 Å². The van der Waals surface area contributed by atoms with Crippen LogP contribution < -0.4 is 16.0 Å². The van der Waals surface area contributed by atoms with Crippen molar-refractivity contribution in [2.75, 3.05) is 0 Å². The average Bonchev–Trinajstić information content (AvgIpc) is 2.56. The fourth-order valence-corrected chi connectivity index (χ4v) is 2.79. The van der Waals surface area contributed by atoms with E-state index >= 15 is 0 Å². The summed E-state index contributed by atoms with van der Waals surface area (Å²) in [5.74, 6) is -0.287. The van der Waals surface area contributed by atoms with Gasteiger partial charge in [0.1, 0.15) is 5.82 Å². The minimum atomic E-state index is -0.296. The molecule has 2 unspecified atom stereocenters. The largest absolute Gasteiger partial charge is 0.351 e. The fourth-order valence-electron chi connectivity index (χ4n) is 2.79. The predicted molar refractivity (Wildman–Crippen MR) is 86.2 cm³/mol. The second-order valence-corrected chi connectivity index (χ2v) is 5.87. The minimum Gasteiger partial charge on any atom is -0.351 e. The number of benzene rings is 1. The Bertz CT molecular complexity index is 533. The Morgan fingerprint density at radius 1 is 1.09 bits per heavy atom. The average molecular weight is 321 g/mol. The quantitative estimate of drug-likeness (QED) is 0.780.